The quantitative estimate of drug-likeness (QED) is 0.857. The summed E-state index contributed by atoms with van der Waals surface area (Å²) in [6.07, 6.45) is 1.38. The van der Waals surface area contributed by atoms with E-state index in [0.29, 0.717) is 0 Å². The van der Waals surface area contributed by atoms with Gasteiger partial charge in [-0.2, -0.15) is 0 Å². The van der Waals surface area contributed by atoms with E-state index < -0.39 is 10.0 Å². The van der Waals surface area contributed by atoms with Gasteiger partial charge in [-0.1, -0.05) is 55.8 Å². The van der Waals surface area contributed by atoms with Crippen molar-refractivity contribution in [3.05, 3.63) is 59.4 Å². The maximum absolute atomic E-state index is 12.5. The third kappa shape index (κ3) is 4.03. The highest BCUT2D eigenvalue weighted by Crippen LogP contribution is 2.24. The third-order valence-electron chi connectivity index (χ3n) is 3.12. The summed E-state index contributed by atoms with van der Waals surface area (Å²) in [5.74, 6) is 0.111. The van der Waals surface area contributed by atoms with E-state index in [1.54, 1.807) is 0 Å². The van der Waals surface area contributed by atoms with Crippen molar-refractivity contribution in [2.75, 3.05) is 0 Å². The van der Waals surface area contributed by atoms with Crippen molar-refractivity contribution in [2.24, 2.45) is 5.92 Å². The molecule has 21 heavy (non-hydrogen) atoms. The molecule has 2 aromatic rings. The van der Waals surface area contributed by atoms with Crippen LogP contribution in [0.4, 0.5) is 0 Å². The van der Waals surface area contributed by atoms with Crippen molar-refractivity contribution < 1.29 is 8.42 Å². The van der Waals surface area contributed by atoms with E-state index in [1.165, 1.54) is 18.3 Å². The van der Waals surface area contributed by atoms with Crippen molar-refractivity contribution in [3.8, 4) is 0 Å². The van der Waals surface area contributed by atoms with Crippen LogP contribution in [0.3, 0.4) is 0 Å². The lowest BCUT2D eigenvalue weighted by Gasteiger charge is -2.22. The van der Waals surface area contributed by atoms with Crippen LogP contribution in [0.25, 0.3) is 0 Å². The molecule has 0 aliphatic carbocycles. The SMILES string of the molecule is CC(C)C(NS(=O)(=O)c1ccnc(Cl)c1)c1ccccc1. The van der Waals surface area contributed by atoms with E-state index in [2.05, 4.69) is 9.71 Å². The lowest BCUT2D eigenvalue weighted by Crippen LogP contribution is -2.31. The molecule has 0 aliphatic heterocycles. The van der Waals surface area contributed by atoms with Gasteiger partial charge in [0.2, 0.25) is 10.0 Å². The minimum absolute atomic E-state index is 0.111. The first-order valence-corrected chi connectivity index (χ1v) is 8.45. The molecule has 112 valence electrons. The Hall–Kier alpha value is -1.43. The summed E-state index contributed by atoms with van der Waals surface area (Å²) in [5, 5.41) is 0.152. The molecule has 1 aromatic carbocycles. The molecule has 2 rings (SSSR count). The monoisotopic (exact) mass is 324 g/mol. The Balaban J connectivity index is 2.33. The van der Waals surface area contributed by atoms with Crippen LogP contribution in [0, 0.1) is 5.92 Å². The fourth-order valence-corrected chi connectivity index (χ4v) is 3.66. The lowest BCUT2D eigenvalue weighted by molar-refractivity contribution is 0.463. The van der Waals surface area contributed by atoms with Crippen LogP contribution >= 0.6 is 11.6 Å². The molecule has 0 saturated heterocycles. The molecule has 1 atom stereocenters. The molecule has 0 fully saturated rings. The smallest absolute Gasteiger partial charge is 0.241 e. The fourth-order valence-electron chi connectivity index (χ4n) is 2.04. The van der Waals surface area contributed by atoms with Gasteiger partial charge in [-0.05, 0) is 23.6 Å². The number of nitrogens with zero attached hydrogens (tertiary/aromatic N) is 1. The molecule has 0 bridgehead atoms. The number of nitrogens with one attached hydrogen (secondary N) is 1. The largest absolute Gasteiger partial charge is 0.244 e. The Morgan fingerprint density at radius 3 is 2.38 bits per heavy atom. The molecule has 0 radical (unpaired) electrons. The van der Waals surface area contributed by atoms with E-state index in [-0.39, 0.29) is 22.0 Å². The van der Waals surface area contributed by atoms with Gasteiger partial charge in [0.05, 0.1) is 4.90 Å². The standard InChI is InChI=1S/C15H17ClN2O2S/c1-11(2)15(12-6-4-3-5-7-12)18-21(19,20)13-8-9-17-14(16)10-13/h3-11,15,18H,1-2H3. The third-order valence-corrected chi connectivity index (χ3v) is 4.76. The highest BCUT2D eigenvalue weighted by atomic mass is 35.5. The van der Waals surface area contributed by atoms with Crippen LogP contribution in [0.2, 0.25) is 5.15 Å². The highest BCUT2D eigenvalue weighted by molar-refractivity contribution is 7.89. The fraction of sp³-hybridized carbons (Fsp3) is 0.267. The van der Waals surface area contributed by atoms with Crippen LogP contribution in [0.15, 0.2) is 53.6 Å². The number of hydrogen-bond acceptors (Lipinski definition) is 3. The van der Waals surface area contributed by atoms with Crippen molar-refractivity contribution in [3.63, 3.8) is 0 Å². The Labute approximate surface area is 130 Å². The van der Waals surface area contributed by atoms with Gasteiger partial charge in [0.15, 0.2) is 0 Å². The number of sulfonamides is 1. The number of halogens is 1. The average molecular weight is 325 g/mol. The maximum Gasteiger partial charge on any atom is 0.241 e. The maximum atomic E-state index is 12.5. The summed E-state index contributed by atoms with van der Waals surface area (Å²) < 4.78 is 27.7. The normalized spacial score (nSPS) is 13.3. The van der Waals surface area contributed by atoms with Crippen molar-refractivity contribution in [1.82, 2.24) is 9.71 Å². The van der Waals surface area contributed by atoms with E-state index >= 15 is 0 Å². The first-order valence-electron chi connectivity index (χ1n) is 6.59. The molecule has 0 spiro atoms. The second-order valence-corrected chi connectivity index (χ2v) is 7.17. The molecular weight excluding hydrogens is 308 g/mol. The first-order chi connectivity index (χ1) is 9.90. The Morgan fingerprint density at radius 1 is 1.14 bits per heavy atom. The lowest BCUT2D eigenvalue weighted by atomic mass is 9.97. The minimum Gasteiger partial charge on any atom is -0.244 e. The van der Waals surface area contributed by atoms with E-state index in [4.69, 9.17) is 11.6 Å². The number of benzene rings is 1. The minimum atomic E-state index is -3.65. The summed E-state index contributed by atoms with van der Waals surface area (Å²) in [4.78, 5) is 3.91. The Kier molecular flexibility index (Phi) is 4.98. The zero-order chi connectivity index (χ0) is 15.5. The van der Waals surface area contributed by atoms with Crippen LogP contribution in [0.5, 0.6) is 0 Å². The average Bonchev–Trinajstić information content (AvgIpc) is 2.45. The first kappa shape index (κ1) is 15.9. The van der Waals surface area contributed by atoms with Gasteiger partial charge in [-0.3, -0.25) is 0 Å². The molecule has 1 aromatic heterocycles. The van der Waals surface area contributed by atoms with Crippen LogP contribution in [-0.4, -0.2) is 13.4 Å². The molecule has 1 heterocycles. The molecule has 0 saturated carbocycles. The molecule has 1 unspecified atom stereocenters. The van der Waals surface area contributed by atoms with Gasteiger partial charge in [0.25, 0.3) is 0 Å². The molecule has 0 amide bonds. The van der Waals surface area contributed by atoms with Crippen LogP contribution < -0.4 is 4.72 Å². The number of rotatable bonds is 5. The van der Waals surface area contributed by atoms with Gasteiger partial charge in [0, 0.05) is 12.2 Å². The van der Waals surface area contributed by atoms with Gasteiger partial charge in [-0.25, -0.2) is 18.1 Å². The second kappa shape index (κ2) is 6.56. The number of pyridine rings is 1. The second-order valence-electron chi connectivity index (χ2n) is 5.07. The van der Waals surface area contributed by atoms with Gasteiger partial charge < -0.3 is 0 Å². The van der Waals surface area contributed by atoms with Crippen molar-refractivity contribution in [1.29, 1.82) is 0 Å². The van der Waals surface area contributed by atoms with Crippen molar-refractivity contribution in [2.45, 2.75) is 24.8 Å². The molecule has 4 nitrogen and oxygen atoms in total. The highest BCUT2D eigenvalue weighted by Gasteiger charge is 2.24. The number of hydrogen-bond donors (Lipinski definition) is 1. The molecule has 0 aliphatic rings. The summed E-state index contributed by atoms with van der Waals surface area (Å²) in [6.45, 7) is 3.94. The summed E-state index contributed by atoms with van der Waals surface area (Å²) >= 11 is 5.76. The Morgan fingerprint density at radius 2 is 1.81 bits per heavy atom. The Bertz CT molecular complexity index is 703. The molecular formula is C15H17ClN2O2S. The van der Waals surface area contributed by atoms with Crippen LogP contribution in [0.1, 0.15) is 25.5 Å². The van der Waals surface area contributed by atoms with Gasteiger partial charge >= 0.3 is 0 Å². The van der Waals surface area contributed by atoms with Crippen LogP contribution in [-0.2, 0) is 10.0 Å². The zero-order valence-electron chi connectivity index (χ0n) is 11.8. The van der Waals surface area contributed by atoms with Crippen molar-refractivity contribution >= 4 is 21.6 Å². The molecule has 6 heteroatoms. The summed E-state index contributed by atoms with van der Waals surface area (Å²) in [7, 11) is -3.65. The predicted octanol–water partition coefficient (Wildman–Crippen LogP) is 3.41. The topological polar surface area (TPSA) is 59.1 Å². The van der Waals surface area contributed by atoms with E-state index in [1.807, 2.05) is 44.2 Å². The zero-order valence-corrected chi connectivity index (χ0v) is 13.4. The summed E-state index contributed by atoms with van der Waals surface area (Å²) in [6, 6.07) is 12.0. The van der Waals surface area contributed by atoms with E-state index in [9.17, 15) is 8.42 Å². The van der Waals surface area contributed by atoms with Gasteiger partial charge in [0.1, 0.15) is 5.15 Å². The molecule has 1 N–H and O–H groups in total. The number of aromatic nitrogens is 1. The summed E-state index contributed by atoms with van der Waals surface area (Å²) in [5.41, 5.74) is 0.927. The van der Waals surface area contributed by atoms with Gasteiger partial charge in [-0.15, -0.1) is 0 Å². The van der Waals surface area contributed by atoms with E-state index in [0.717, 1.165) is 5.56 Å². The predicted molar refractivity (Wildman–Crippen MR) is 83.6 cm³/mol.